The van der Waals surface area contributed by atoms with Gasteiger partial charge in [0.1, 0.15) is 5.75 Å². The molecule has 0 fully saturated rings. The summed E-state index contributed by atoms with van der Waals surface area (Å²) in [5.41, 5.74) is 0. The lowest BCUT2D eigenvalue weighted by Crippen LogP contribution is -2.01. The van der Waals surface area contributed by atoms with E-state index in [-0.39, 0.29) is 11.9 Å². The van der Waals surface area contributed by atoms with E-state index >= 15 is 0 Å². The van der Waals surface area contributed by atoms with Crippen LogP contribution in [0.5, 0.6) is 5.75 Å². The third-order valence-corrected chi connectivity index (χ3v) is 3.09. The van der Waals surface area contributed by atoms with Gasteiger partial charge in [-0.1, -0.05) is 18.5 Å². The summed E-state index contributed by atoms with van der Waals surface area (Å²) in [6.45, 7) is 2.12. The van der Waals surface area contributed by atoms with Gasteiger partial charge in [-0.05, 0) is 18.2 Å². The van der Waals surface area contributed by atoms with E-state index in [1.54, 1.807) is 18.9 Å². The first-order valence-corrected chi connectivity index (χ1v) is 5.54. The average Bonchev–Trinajstić information content (AvgIpc) is 2.18. The van der Waals surface area contributed by atoms with Crippen molar-refractivity contribution in [2.45, 2.75) is 17.1 Å². The Morgan fingerprint density at radius 3 is 2.79 bits per heavy atom. The third kappa shape index (κ3) is 3.08. The normalized spacial score (nSPS) is 12.6. The van der Waals surface area contributed by atoms with Crippen molar-refractivity contribution in [3.05, 3.63) is 23.2 Å². The zero-order valence-corrected chi connectivity index (χ0v) is 9.73. The van der Waals surface area contributed by atoms with E-state index in [0.717, 1.165) is 4.90 Å². The Morgan fingerprint density at radius 2 is 2.29 bits per heavy atom. The lowest BCUT2D eigenvalue weighted by molar-refractivity contribution is 0.300. The molecule has 0 bridgehead atoms. The second-order valence-corrected chi connectivity index (χ2v) is 4.83. The van der Waals surface area contributed by atoms with Crippen LogP contribution in [0, 0.1) is 0 Å². The zero-order valence-electron chi connectivity index (χ0n) is 8.16. The first kappa shape index (κ1) is 11.7. The van der Waals surface area contributed by atoms with Crippen LogP contribution in [0.1, 0.15) is 6.92 Å². The van der Waals surface area contributed by atoms with Crippen LogP contribution in [0.2, 0.25) is 5.02 Å². The van der Waals surface area contributed by atoms with Crippen LogP contribution in [0.4, 0.5) is 0 Å². The Bertz CT molecular complexity index is 304. The second-order valence-electron chi connectivity index (χ2n) is 2.91. The molecule has 2 nitrogen and oxygen atoms in total. The molecule has 14 heavy (non-hydrogen) atoms. The van der Waals surface area contributed by atoms with Crippen LogP contribution >= 0.6 is 23.4 Å². The highest BCUT2D eigenvalue weighted by Crippen LogP contribution is 2.31. The maximum Gasteiger partial charge on any atom is 0.137 e. The fourth-order valence-electron chi connectivity index (χ4n) is 0.990. The summed E-state index contributed by atoms with van der Waals surface area (Å²) in [6, 6.07) is 5.60. The first-order valence-electron chi connectivity index (χ1n) is 4.28. The summed E-state index contributed by atoms with van der Waals surface area (Å²) >= 11 is 7.54. The van der Waals surface area contributed by atoms with E-state index in [2.05, 4.69) is 0 Å². The Balaban J connectivity index is 2.76. The Labute approximate surface area is 93.2 Å². The van der Waals surface area contributed by atoms with Crippen molar-refractivity contribution >= 4 is 23.4 Å². The molecule has 0 aliphatic rings. The summed E-state index contributed by atoms with van der Waals surface area (Å²) < 4.78 is 5.04. The van der Waals surface area contributed by atoms with Gasteiger partial charge in [-0.2, -0.15) is 0 Å². The minimum atomic E-state index is 0.161. The van der Waals surface area contributed by atoms with Crippen molar-refractivity contribution in [1.82, 2.24) is 0 Å². The molecule has 1 unspecified atom stereocenters. The van der Waals surface area contributed by atoms with E-state index in [9.17, 15) is 0 Å². The van der Waals surface area contributed by atoms with Crippen molar-refractivity contribution in [1.29, 1.82) is 0 Å². The van der Waals surface area contributed by atoms with Gasteiger partial charge in [0.05, 0.1) is 18.7 Å². The summed E-state index contributed by atoms with van der Waals surface area (Å²) in [4.78, 5) is 1.04. The van der Waals surface area contributed by atoms with Crippen LogP contribution in [-0.2, 0) is 0 Å². The van der Waals surface area contributed by atoms with Gasteiger partial charge in [-0.3, -0.25) is 0 Å². The van der Waals surface area contributed by atoms with Gasteiger partial charge in [0.15, 0.2) is 0 Å². The minimum absolute atomic E-state index is 0.161. The van der Waals surface area contributed by atoms with Crippen LogP contribution in [-0.4, -0.2) is 24.1 Å². The second kappa shape index (κ2) is 5.49. The van der Waals surface area contributed by atoms with Crippen molar-refractivity contribution in [3.63, 3.8) is 0 Å². The maximum atomic E-state index is 8.89. The van der Waals surface area contributed by atoms with Crippen LogP contribution in [0.25, 0.3) is 0 Å². The number of halogens is 1. The fourth-order valence-corrected chi connectivity index (χ4v) is 2.18. The number of benzene rings is 1. The quantitative estimate of drug-likeness (QED) is 0.810. The van der Waals surface area contributed by atoms with Crippen LogP contribution in [0.3, 0.4) is 0 Å². The van der Waals surface area contributed by atoms with Gasteiger partial charge >= 0.3 is 0 Å². The third-order valence-electron chi connectivity index (χ3n) is 1.72. The Hall–Kier alpha value is -0.380. The van der Waals surface area contributed by atoms with E-state index in [0.29, 0.717) is 10.8 Å². The molecule has 1 aromatic carbocycles. The minimum Gasteiger partial charge on any atom is -0.495 e. The van der Waals surface area contributed by atoms with Gasteiger partial charge < -0.3 is 9.84 Å². The Morgan fingerprint density at radius 1 is 1.57 bits per heavy atom. The molecule has 4 heteroatoms. The number of methoxy groups -OCH3 is 1. The summed E-state index contributed by atoms with van der Waals surface area (Å²) in [6.07, 6.45) is 0. The number of thioether (sulfide) groups is 1. The monoisotopic (exact) mass is 232 g/mol. The van der Waals surface area contributed by atoms with Gasteiger partial charge in [0.2, 0.25) is 0 Å². The molecule has 1 atom stereocenters. The molecule has 0 radical (unpaired) electrons. The van der Waals surface area contributed by atoms with Gasteiger partial charge in [-0.25, -0.2) is 0 Å². The summed E-state index contributed by atoms with van der Waals surface area (Å²) in [5, 5.41) is 9.67. The first-order chi connectivity index (χ1) is 6.67. The standard InChI is InChI=1S/C10H13ClO2S/c1-7(6-12)14-8-3-4-10(13-2)9(11)5-8/h3-5,7,12H,6H2,1-2H3. The molecule has 0 amide bonds. The predicted octanol–water partition coefficient (Wildman–Crippen LogP) is 2.82. The summed E-state index contributed by atoms with van der Waals surface area (Å²) in [7, 11) is 1.59. The smallest absolute Gasteiger partial charge is 0.137 e. The number of rotatable bonds is 4. The molecule has 0 aliphatic carbocycles. The SMILES string of the molecule is COc1ccc(SC(C)CO)cc1Cl. The molecule has 0 saturated carbocycles. The molecule has 1 rings (SSSR count). The van der Waals surface area contributed by atoms with E-state index in [1.807, 2.05) is 25.1 Å². The highest BCUT2D eigenvalue weighted by molar-refractivity contribution is 8.00. The number of ether oxygens (including phenoxy) is 1. The van der Waals surface area contributed by atoms with Crippen molar-refractivity contribution < 1.29 is 9.84 Å². The average molecular weight is 233 g/mol. The lowest BCUT2D eigenvalue weighted by Gasteiger charge is -2.09. The lowest BCUT2D eigenvalue weighted by atomic mass is 10.3. The largest absolute Gasteiger partial charge is 0.495 e. The fraction of sp³-hybridized carbons (Fsp3) is 0.400. The number of hydrogen-bond acceptors (Lipinski definition) is 3. The number of aliphatic hydroxyl groups excluding tert-OH is 1. The molecule has 1 aromatic rings. The molecule has 0 heterocycles. The Kier molecular flexibility index (Phi) is 4.58. The highest BCUT2D eigenvalue weighted by atomic mass is 35.5. The molecule has 78 valence electrons. The van der Waals surface area contributed by atoms with Gasteiger partial charge in [0, 0.05) is 10.1 Å². The zero-order chi connectivity index (χ0) is 10.6. The summed E-state index contributed by atoms with van der Waals surface area (Å²) in [5.74, 6) is 0.674. The molecule has 0 aromatic heterocycles. The van der Waals surface area contributed by atoms with E-state index in [1.165, 1.54) is 0 Å². The van der Waals surface area contributed by atoms with Gasteiger partial charge in [0.25, 0.3) is 0 Å². The topological polar surface area (TPSA) is 29.5 Å². The highest BCUT2D eigenvalue weighted by Gasteiger charge is 2.05. The number of hydrogen-bond donors (Lipinski definition) is 1. The van der Waals surface area contributed by atoms with E-state index < -0.39 is 0 Å². The van der Waals surface area contributed by atoms with Crippen LogP contribution in [0.15, 0.2) is 23.1 Å². The van der Waals surface area contributed by atoms with Crippen molar-refractivity contribution in [2.24, 2.45) is 0 Å². The van der Waals surface area contributed by atoms with Crippen molar-refractivity contribution in [2.75, 3.05) is 13.7 Å². The van der Waals surface area contributed by atoms with E-state index in [4.69, 9.17) is 21.4 Å². The molecule has 0 saturated heterocycles. The maximum absolute atomic E-state index is 8.89. The molecule has 0 spiro atoms. The molecular weight excluding hydrogens is 220 g/mol. The van der Waals surface area contributed by atoms with Gasteiger partial charge in [-0.15, -0.1) is 11.8 Å². The number of aliphatic hydroxyl groups is 1. The predicted molar refractivity (Wildman–Crippen MR) is 60.4 cm³/mol. The molecular formula is C10H13ClO2S. The van der Waals surface area contributed by atoms with Crippen molar-refractivity contribution in [3.8, 4) is 5.75 Å². The van der Waals surface area contributed by atoms with Crippen LogP contribution < -0.4 is 4.74 Å². The molecule has 0 aliphatic heterocycles. The molecule has 1 N–H and O–H groups in total.